The van der Waals surface area contributed by atoms with Gasteiger partial charge in [0.15, 0.2) is 0 Å². The number of methoxy groups -OCH3 is 1. The first kappa shape index (κ1) is 18.2. The monoisotopic (exact) mass is 326 g/mol. The minimum atomic E-state index is -0.558. The molecule has 1 aromatic rings. The number of nitrogens with one attached hydrogen (secondary N) is 1. The van der Waals surface area contributed by atoms with E-state index in [1.165, 1.54) is 12.0 Å². The molecule has 2 amide bonds. The Morgan fingerprint density at radius 3 is 2.41 bits per heavy atom. The van der Waals surface area contributed by atoms with Crippen LogP contribution in [0.5, 0.6) is 0 Å². The third-order valence-corrected chi connectivity index (χ3v) is 4.34. The van der Waals surface area contributed by atoms with E-state index < -0.39 is 5.97 Å². The molecule has 0 unspecified atom stereocenters. The van der Waals surface area contributed by atoms with Crippen molar-refractivity contribution in [3.05, 3.63) is 16.0 Å². The van der Waals surface area contributed by atoms with Gasteiger partial charge in [0.05, 0.1) is 17.6 Å². The number of rotatable bonds is 6. The highest BCUT2D eigenvalue weighted by Crippen LogP contribution is 2.34. The van der Waals surface area contributed by atoms with Gasteiger partial charge in [0.25, 0.3) is 5.91 Å². The number of carbonyl (C=O) groups excluding carboxylic acids is 3. The summed E-state index contributed by atoms with van der Waals surface area (Å²) in [7, 11) is 4.55. The van der Waals surface area contributed by atoms with E-state index in [9.17, 15) is 14.4 Å². The number of unbranched alkanes of at least 4 members (excludes halogenated alkanes) is 1. The second-order valence-electron chi connectivity index (χ2n) is 5.10. The molecule has 1 heterocycles. The van der Waals surface area contributed by atoms with Gasteiger partial charge in [-0.15, -0.1) is 11.3 Å². The highest BCUT2D eigenvalue weighted by molar-refractivity contribution is 7.18. The van der Waals surface area contributed by atoms with Crippen LogP contribution in [0.2, 0.25) is 0 Å². The third kappa shape index (κ3) is 4.07. The Hall–Kier alpha value is -1.89. The van der Waals surface area contributed by atoms with E-state index in [0.29, 0.717) is 21.9 Å². The third-order valence-electron chi connectivity index (χ3n) is 3.15. The van der Waals surface area contributed by atoms with Gasteiger partial charge in [0.2, 0.25) is 5.91 Å². The number of thiophene rings is 1. The van der Waals surface area contributed by atoms with Crippen molar-refractivity contribution in [3.8, 4) is 0 Å². The highest BCUT2D eigenvalue weighted by atomic mass is 32.1. The minimum absolute atomic E-state index is 0.169. The lowest BCUT2D eigenvalue weighted by Crippen LogP contribution is -2.21. The number of hydrogen-bond donors (Lipinski definition) is 1. The first-order chi connectivity index (χ1) is 10.3. The van der Waals surface area contributed by atoms with E-state index in [2.05, 4.69) is 5.32 Å². The van der Waals surface area contributed by atoms with Gasteiger partial charge < -0.3 is 15.0 Å². The summed E-state index contributed by atoms with van der Waals surface area (Å²) in [6, 6.07) is 0. The zero-order valence-electron chi connectivity index (χ0n) is 13.6. The Morgan fingerprint density at radius 1 is 1.27 bits per heavy atom. The quantitative estimate of drug-likeness (QED) is 0.816. The van der Waals surface area contributed by atoms with Crippen LogP contribution in [0.3, 0.4) is 0 Å². The first-order valence-electron chi connectivity index (χ1n) is 7.06. The fraction of sp³-hybridized carbons (Fsp3) is 0.533. The zero-order valence-corrected chi connectivity index (χ0v) is 14.4. The normalized spacial score (nSPS) is 10.2. The van der Waals surface area contributed by atoms with Crippen LogP contribution in [0, 0.1) is 6.92 Å². The Balaban J connectivity index is 3.19. The van der Waals surface area contributed by atoms with Gasteiger partial charge in [-0.05, 0) is 18.9 Å². The topological polar surface area (TPSA) is 75.7 Å². The molecule has 0 aliphatic rings. The molecule has 1 N–H and O–H groups in total. The van der Waals surface area contributed by atoms with E-state index >= 15 is 0 Å². The SMILES string of the molecule is CCCCC(=O)Nc1sc(C(=O)N(C)C)c(C)c1C(=O)OC. The van der Waals surface area contributed by atoms with Crippen molar-refractivity contribution in [2.75, 3.05) is 26.5 Å². The molecule has 0 fully saturated rings. The van der Waals surface area contributed by atoms with Gasteiger partial charge in [-0.25, -0.2) is 4.79 Å². The maximum Gasteiger partial charge on any atom is 0.341 e. The van der Waals surface area contributed by atoms with Crippen molar-refractivity contribution in [3.63, 3.8) is 0 Å². The Kier molecular flexibility index (Phi) is 6.55. The fourth-order valence-corrected chi connectivity index (χ4v) is 3.12. The molecule has 0 saturated heterocycles. The second-order valence-corrected chi connectivity index (χ2v) is 6.12. The number of hydrogen-bond acceptors (Lipinski definition) is 5. The number of esters is 1. The summed E-state index contributed by atoms with van der Waals surface area (Å²) in [5.41, 5.74) is 0.781. The summed E-state index contributed by atoms with van der Waals surface area (Å²) >= 11 is 1.10. The molecular weight excluding hydrogens is 304 g/mol. The number of amides is 2. The summed E-state index contributed by atoms with van der Waals surface area (Å²) in [6.45, 7) is 3.68. The van der Waals surface area contributed by atoms with Crippen LogP contribution in [0.4, 0.5) is 5.00 Å². The van der Waals surface area contributed by atoms with Gasteiger partial charge in [-0.1, -0.05) is 13.3 Å². The molecule has 0 radical (unpaired) electrons. The van der Waals surface area contributed by atoms with Gasteiger partial charge in [-0.3, -0.25) is 9.59 Å². The molecule has 0 saturated carbocycles. The molecule has 7 heteroatoms. The van der Waals surface area contributed by atoms with E-state index in [1.54, 1.807) is 21.0 Å². The molecule has 0 aromatic carbocycles. The van der Waals surface area contributed by atoms with E-state index in [4.69, 9.17) is 4.74 Å². The van der Waals surface area contributed by atoms with Gasteiger partial charge in [0.1, 0.15) is 5.00 Å². The lowest BCUT2D eigenvalue weighted by Gasteiger charge is -2.08. The number of anilines is 1. The zero-order chi connectivity index (χ0) is 16.9. The van der Waals surface area contributed by atoms with Crippen molar-refractivity contribution < 1.29 is 19.1 Å². The van der Waals surface area contributed by atoms with Crippen LogP contribution in [0.1, 0.15) is 51.8 Å². The van der Waals surface area contributed by atoms with E-state index in [-0.39, 0.29) is 17.4 Å². The molecule has 22 heavy (non-hydrogen) atoms. The average Bonchev–Trinajstić information content (AvgIpc) is 2.79. The van der Waals surface area contributed by atoms with Crippen LogP contribution in [-0.2, 0) is 9.53 Å². The molecule has 1 rings (SSSR count). The maximum atomic E-state index is 12.2. The lowest BCUT2D eigenvalue weighted by molar-refractivity contribution is -0.116. The summed E-state index contributed by atoms with van der Waals surface area (Å²) in [6.07, 6.45) is 2.06. The van der Waals surface area contributed by atoms with Crippen LogP contribution in [0.15, 0.2) is 0 Å². The Morgan fingerprint density at radius 2 is 1.91 bits per heavy atom. The average molecular weight is 326 g/mol. The van der Waals surface area contributed by atoms with Crippen LogP contribution < -0.4 is 5.32 Å². The van der Waals surface area contributed by atoms with Crippen molar-refractivity contribution in [2.45, 2.75) is 33.1 Å². The van der Waals surface area contributed by atoms with E-state index in [1.807, 2.05) is 6.92 Å². The fourth-order valence-electron chi connectivity index (χ4n) is 1.88. The summed E-state index contributed by atoms with van der Waals surface area (Å²) in [5.74, 6) is -0.934. The minimum Gasteiger partial charge on any atom is -0.465 e. The summed E-state index contributed by atoms with van der Waals surface area (Å²) in [5, 5.41) is 3.09. The van der Waals surface area contributed by atoms with Crippen molar-refractivity contribution >= 4 is 34.1 Å². The molecule has 0 aliphatic carbocycles. The number of ether oxygens (including phenoxy) is 1. The van der Waals surface area contributed by atoms with Gasteiger partial charge in [-0.2, -0.15) is 0 Å². The van der Waals surface area contributed by atoms with Crippen LogP contribution in [-0.4, -0.2) is 43.9 Å². The standard InChI is InChI=1S/C15H22N2O4S/c1-6-7-8-10(18)16-13-11(15(20)21-5)9(2)12(22-13)14(19)17(3)4/h6-8H2,1-5H3,(H,16,18). The van der Waals surface area contributed by atoms with Gasteiger partial charge >= 0.3 is 5.97 Å². The maximum absolute atomic E-state index is 12.2. The molecule has 6 nitrogen and oxygen atoms in total. The Labute approximate surface area is 134 Å². The van der Waals surface area contributed by atoms with Crippen LogP contribution >= 0.6 is 11.3 Å². The molecular formula is C15H22N2O4S. The largest absolute Gasteiger partial charge is 0.465 e. The second kappa shape index (κ2) is 7.93. The van der Waals surface area contributed by atoms with E-state index in [0.717, 1.165) is 24.2 Å². The number of nitrogens with zero attached hydrogens (tertiary/aromatic N) is 1. The highest BCUT2D eigenvalue weighted by Gasteiger charge is 2.26. The molecule has 0 atom stereocenters. The summed E-state index contributed by atoms with van der Waals surface area (Å²) in [4.78, 5) is 37.9. The van der Waals surface area contributed by atoms with Crippen molar-refractivity contribution in [1.29, 1.82) is 0 Å². The first-order valence-corrected chi connectivity index (χ1v) is 7.88. The Bertz CT molecular complexity index is 578. The molecule has 122 valence electrons. The summed E-state index contributed by atoms with van der Waals surface area (Å²) < 4.78 is 4.77. The molecule has 0 bridgehead atoms. The lowest BCUT2D eigenvalue weighted by atomic mass is 10.1. The predicted molar refractivity (Wildman–Crippen MR) is 86.6 cm³/mol. The van der Waals surface area contributed by atoms with Crippen LogP contribution in [0.25, 0.3) is 0 Å². The smallest absolute Gasteiger partial charge is 0.341 e. The molecule has 0 spiro atoms. The molecule has 1 aromatic heterocycles. The van der Waals surface area contributed by atoms with Crippen molar-refractivity contribution in [1.82, 2.24) is 4.90 Å². The number of carbonyl (C=O) groups is 3. The van der Waals surface area contributed by atoms with Gasteiger partial charge in [0, 0.05) is 20.5 Å². The predicted octanol–water partition coefficient (Wildman–Crippen LogP) is 2.67. The molecule has 0 aliphatic heterocycles. The van der Waals surface area contributed by atoms with Crippen molar-refractivity contribution in [2.24, 2.45) is 0 Å².